The highest BCUT2D eigenvalue weighted by Gasteiger charge is 2.24. The van der Waals surface area contributed by atoms with Gasteiger partial charge in [-0.05, 0) is 12.1 Å². The summed E-state index contributed by atoms with van der Waals surface area (Å²) in [5.41, 5.74) is -0.701. The molecule has 1 aromatic carbocycles. The van der Waals surface area contributed by atoms with Gasteiger partial charge in [0.25, 0.3) is 5.91 Å². The number of benzene rings is 1. The van der Waals surface area contributed by atoms with Crippen LogP contribution in [0, 0.1) is 11.6 Å². The molecule has 0 spiro atoms. The lowest BCUT2D eigenvalue weighted by Crippen LogP contribution is -2.31. The van der Waals surface area contributed by atoms with Crippen molar-refractivity contribution in [2.45, 2.75) is 4.90 Å². The lowest BCUT2D eigenvalue weighted by molar-refractivity contribution is 0.0738. The Morgan fingerprint density at radius 2 is 2.00 bits per heavy atom. The third kappa shape index (κ3) is 3.71. The molecule has 1 rings (SSSR count). The maximum Gasteiger partial charge on any atom is 0.256 e. The van der Waals surface area contributed by atoms with E-state index in [1.165, 1.54) is 14.2 Å². The fourth-order valence-electron chi connectivity index (χ4n) is 1.46. The molecule has 0 radical (unpaired) electrons. The van der Waals surface area contributed by atoms with Crippen molar-refractivity contribution in [2.24, 2.45) is 5.14 Å². The highest BCUT2D eigenvalue weighted by Crippen LogP contribution is 2.20. The number of rotatable bonds is 5. The van der Waals surface area contributed by atoms with Crippen molar-refractivity contribution in [3.8, 4) is 0 Å². The number of hydrogen-bond donors (Lipinski definition) is 1. The molecule has 0 unspecified atom stereocenters. The number of ether oxygens (including phenoxy) is 1. The van der Waals surface area contributed by atoms with Crippen molar-refractivity contribution in [1.29, 1.82) is 0 Å². The van der Waals surface area contributed by atoms with Gasteiger partial charge in [0.15, 0.2) is 5.82 Å². The number of halogens is 2. The van der Waals surface area contributed by atoms with Gasteiger partial charge < -0.3 is 9.64 Å². The largest absolute Gasteiger partial charge is 0.383 e. The van der Waals surface area contributed by atoms with E-state index in [0.717, 1.165) is 4.90 Å². The van der Waals surface area contributed by atoms with Crippen molar-refractivity contribution in [3.05, 3.63) is 29.3 Å². The van der Waals surface area contributed by atoms with Crippen molar-refractivity contribution >= 4 is 15.9 Å². The second-order valence-corrected chi connectivity index (χ2v) is 5.56. The Bertz CT molecular complexity index is 619. The van der Waals surface area contributed by atoms with Crippen LogP contribution in [0.25, 0.3) is 0 Å². The predicted octanol–water partition coefficient (Wildman–Crippen LogP) is 0.331. The number of methoxy groups -OCH3 is 1. The van der Waals surface area contributed by atoms with Gasteiger partial charge in [0.2, 0.25) is 10.0 Å². The summed E-state index contributed by atoms with van der Waals surface area (Å²) in [5, 5.41) is 4.77. The number of amides is 1. The van der Waals surface area contributed by atoms with E-state index in [1.807, 2.05) is 0 Å². The predicted molar refractivity (Wildman–Crippen MR) is 66.6 cm³/mol. The molecule has 2 N–H and O–H groups in total. The van der Waals surface area contributed by atoms with E-state index in [4.69, 9.17) is 9.88 Å². The molecular formula is C11H14F2N2O4S. The summed E-state index contributed by atoms with van der Waals surface area (Å²) in [6.07, 6.45) is 0. The molecule has 1 amide bonds. The first-order chi connectivity index (χ1) is 9.18. The summed E-state index contributed by atoms with van der Waals surface area (Å²) in [7, 11) is -1.70. The van der Waals surface area contributed by atoms with Gasteiger partial charge in [-0.1, -0.05) is 0 Å². The van der Waals surface area contributed by atoms with Gasteiger partial charge in [0.1, 0.15) is 10.7 Å². The van der Waals surface area contributed by atoms with E-state index < -0.39 is 38.0 Å². The first kappa shape index (κ1) is 16.5. The molecule has 112 valence electrons. The SMILES string of the molecule is COCCN(C)C(=O)c1cc(F)cc(S(N)(=O)=O)c1F. The van der Waals surface area contributed by atoms with E-state index in [1.54, 1.807) is 0 Å². The lowest BCUT2D eigenvalue weighted by Gasteiger charge is -2.17. The minimum Gasteiger partial charge on any atom is -0.383 e. The van der Waals surface area contributed by atoms with Crippen molar-refractivity contribution in [1.82, 2.24) is 4.90 Å². The summed E-state index contributed by atoms with van der Waals surface area (Å²) < 4.78 is 54.4. The zero-order chi connectivity index (χ0) is 15.5. The molecule has 0 saturated carbocycles. The van der Waals surface area contributed by atoms with Crippen LogP contribution >= 0.6 is 0 Å². The standard InChI is InChI=1S/C11H14F2N2O4S/c1-15(3-4-19-2)11(16)8-5-7(12)6-9(10(8)13)20(14,17)18/h5-6H,3-4H2,1-2H3,(H2,14,17,18). The number of sulfonamides is 1. The number of likely N-dealkylation sites (N-methyl/N-ethyl adjacent to an activating group) is 1. The monoisotopic (exact) mass is 308 g/mol. The van der Waals surface area contributed by atoms with Crippen LogP contribution in [0.15, 0.2) is 17.0 Å². The Hall–Kier alpha value is -1.58. The Balaban J connectivity index is 3.26. The fourth-order valence-corrected chi connectivity index (χ4v) is 2.10. The van der Waals surface area contributed by atoms with Crippen LogP contribution in [0.3, 0.4) is 0 Å². The van der Waals surface area contributed by atoms with E-state index in [9.17, 15) is 22.0 Å². The fraction of sp³-hybridized carbons (Fsp3) is 0.364. The molecule has 0 atom stereocenters. The van der Waals surface area contributed by atoms with Crippen molar-refractivity contribution in [2.75, 3.05) is 27.3 Å². The smallest absolute Gasteiger partial charge is 0.256 e. The highest BCUT2D eigenvalue weighted by molar-refractivity contribution is 7.89. The minimum atomic E-state index is -4.47. The quantitative estimate of drug-likeness (QED) is 0.849. The summed E-state index contributed by atoms with van der Waals surface area (Å²) in [6, 6.07) is 1.05. The number of nitrogens with zero attached hydrogens (tertiary/aromatic N) is 1. The lowest BCUT2D eigenvalue weighted by atomic mass is 10.2. The average molecular weight is 308 g/mol. The third-order valence-corrected chi connectivity index (χ3v) is 3.43. The van der Waals surface area contributed by atoms with Gasteiger partial charge in [-0.3, -0.25) is 4.79 Å². The van der Waals surface area contributed by atoms with Crippen LogP contribution in [0.2, 0.25) is 0 Å². The van der Waals surface area contributed by atoms with Gasteiger partial charge in [0.05, 0.1) is 12.2 Å². The Morgan fingerprint density at radius 1 is 1.40 bits per heavy atom. The van der Waals surface area contributed by atoms with Gasteiger partial charge in [-0.25, -0.2) is 22.3 Å². The molecule has 9 heteroatoms. The van der Waals surface area contributed by atoms with Crippen LogP contribution in [0.5, 0.6) is 0 Å². The molecule has 0 aliphatic heterocycles. The normalized spacial score (nSPS) is 11.4. The van der Waals surface area contributed by atoms with Crippen LogP contribution in [-0.2, 0) is 14.8 Å². The topological polar surface area (TPSA) is 89.7 Å². The van der Waals surface area contributed by atoms with E-state index >= 15 is 0 Å². The number of carbonyl (C=O) groups excluding carboxylic acids is 1. The van der Waals surface area contributed by atoms with Gasteiger partial charge >= 0.3 is 0 Å². The maximum atomic E-state index is 14.0. The van der Waals surface area contributed by atoms with E-state index in [0.29, 0.717) is 12.1 Å². The Labute approximate surface area is 115 Å². The summed E-state index contributed by atoms with van der Waals surface area (Å²) >= 11 is 0. The van der Waals surface area contributed by atoms with E-state index in [-0.39, 0.29) is 13.2 Å². The number of nitrogens with two attached hydrogens (primary N) is 1. The third-order valence-electron chi connectivity index (χ3n) is 2.52. The Morgan fingerprint density at radius 3 is 2.50 bits per heavy atom. The minimum absolute atomic E-state index is 0.135. The number of primary sulfonamides is 1. The molecule has 0 aliphatic carbocycles. The number of hydrogen-bond acceptors (Lipinski definition) is 4. The first-order valence-corrected chi connectivity index (χ1v) is 6.99. The van der Waals surface area contributed by atoms with Crippen LogP contribution in [-0.4, -0.2) is 46.5 Å². The van der Waals surface area contributed by atoms with Crippen molar-refractivity contribution in [3.63, 3.8) is 0 Å². The second-order valence-electron chi connectivity index (χ2n) is 4.03. The van der Waals surface area contributed by atoms with Crippen LogP contribution in [0.1, 0.15) is 10.4 Å². The molecule has 6 nitrogen and oxygen atoms in total. The molecule has 0 aromatic heterocycles. The molecular weight excluding hydrogens is 294 g/mol. The zero-order valence-corrected chi connectivity index (χ0v) is 11.7. The maximum absolute atomic E-state index is 14.0. The molecule has 0 bridgehead atoms. The second kappa shape index (κ2) is 6.25. The average Bonchev–Trinajstić information content (AvgIpc) is 2.36. The molecule has 0 heterocycles. The highest BCUT2D eigenvalue weighted by atomic mass is 32.2. The first-order valence-electron chi connectivity index (χ1n) is 5.44. The molecule has 20 heavy (non-hydrogen) atoms. The van der Waals surface area contributed by atoms with Gasteiger partial charge in [-0.15, -0.1) is 0 Å². The Kier molecular flexibility index (Phi) is 5.15. The zero-order valence-electron chi connectivity index (χ0n) is 10.9. The summed E-state index contributed by atoms with van der Waals surface area (Å²) in [6.45, 7) is 0.331. The van der Waals surface area contributed by atoms with Crippen molar-refractivity contribution < 1.29 is 26.7 Å². The van der Waals surface area contributed by atoms with E-state index in [2.05, 4.69) is 0 Å². The summed E-state index contributed by atoms with van der Waals surface area (Å²) in [4.78, 5) is 12.0. The molecule has 0 aliphatic rings. The van der Waals surface area contributed by atoms with Crippen LogP contribution in [0.4, 0.5) is 8.78 Å². The van der Waals surface area contributed by atoms with Gasteiger partial charge in [0, 0.05) is 20.7 Å². The molecule has 1 aromatic rings. The number of carbonyl (C=O) groups is 1. The molecule has 0 fully saturated rings. The van der Waals surface area contributed by atoms with Crippen LogP contribution < -0.4 is 5.14 Å². The molecule has 0 saturated heterocycles. The summed E-state index contributed by atoms with van der Waals surface area (Å²) in [5.74, 6) is -3.31. The van der Waals surface area contributed by atoms with Gasteiger partial charge in [-0.2, -0.15) is 0 Å².